The van der Waals surface area contributed by atoms with Crippen molar-refractivity contribution in [3.05, 3.63) is 22.8 Å². The Morgan fingerprint density at radius 1 is 1.28 bits per heavy atom. The van der Waals surface area contributed by atoms with E-state index in [0.717, 1.165) is 0 Å². The molecule has 1 aromatic rings. The van der Waals surface area contributed by atoms with Crippen molar-refractivity contribution in [2.24, 2.45) is 0 Å². The van der Waals surface area contributed by atoms with Gasteiger partial charge in [-0.25, -0.2) is 13.8 Å². The Morgan fingerprint density at radius 3 is 2.61 bits per heavy atom. The average Bonchev–Trinajstić information content (AvgIpc) is 2.57. The molecule has 2 aliphatic rings. The maximum Gasteiger partial charge on any atom is 0.248 e. The van der Waals surface area contributed by atoms with Gasteiger partial charge >= 0.3 is 0 Å². The molecule has 1 amide bonds. The third-order valence-corrected chi connectivity index (χ3v) is 4.08. The van der Waals surface area contributed by atoms with Crippen molar-refractivity contribution < 1.29 is 13.6 Å². The summed E-state index contributed by atoms with van der Waals surface area (Å²) in [6.45, 7) is 0. The molecule has 1 aromatic heterocycles. The lowest BCUT2D eigenvalue weighted by molar-refractivity contribution is -0.125. The number of amides is 1. The molecule has 1 saturated carbocycles. The van der Waals surface area contributed by atoms with Crippen molar-refractivity contribution in [2.45, 2.75) is 37.0 Å². The highest BCUT2D eigenvalue weighted by molar-refractivity contribution is 6.30. The van der Waals surface area contributed by atoms with Crippen molar-refractivity contribution in [3.8, 4) is 0 Å². The second-order valence-corrected chi connectivity index (χ2v) is 5.38. The van der Waals surface area contributed by atoms with Crippen LogP contribution in [0.1, 0.15) is 31.2 Å². The number of carbonyl (C=O) groups excluding carboxylic acids is 1. The Kier molecular flexibility index (Phi) is 2.39. The number of nitrogens with zero attached hydrogens (tertiary/aromatic N) is 1. The lowest BCUT2D eigenvalue weighted by Gasteiger charge is -2.35. The zero-order valence-electron chi connectivity index (χ0n) is 9.47. The van der Waals surface area contributed by atoms with E-state index >= 15 is 0 Å². The van der Waals surface area contributed by atoms with Crippen molar-refractivity contribution in [1.29, 1.82) is 0 Å². The summed E-state index contributed by atoms with van der Waals surface area (Å²) < 4.78 is 26.5. The van der Waals surface area contributed by atoms with Crippen LogP contribution in [0, 0.1) is 0 Å². The Labute approximate surface area is 108 Å². The normalized spacial score (nSPS) is 23.8. The van der Waals surface area contributed by atoms with Gasteiger partial charge in [-0.15, -0.1) is 0 Å². The standard InChI is InChI=1S/C12H11ClF2N2O/c13-7-5-8-9(16-6-7)17-10(18)11(8)1-3-12(14,15)4-2-11/h5-6H,1-4H2,(H,16,17,18). The van der Waals surface area contributed by atoms with Gasteiger partial charge in [0, 0.05) is 24.6 Å². The Balaban J connectivity index is 2.04. The molecule has 3 nitrogen and oxygen atoms in total. The number of nitrogens with one attached hydrogen (secondary N) is 1. The second-order valence-electron chi connectivity index (χ2n) is 4.94. The van der Waals surface area contributed by atoms with Crippen molar-refractivity contribution in [3.63, 3.8) is 0 Å². The zero-order valence-corrected chi connectivity index (χ0v) is 10.2. The molecule has 6 heteroatoms. The quantitative estimate of drug-likeness (QED) is 0.788. The number of hydrogen-bond acceptors (Lipinski definition) is 2. The van der Waals surface area contributed by atoms with E-state index in [0.29, 0.717) is 16.4 Å². The Morgan fingerprint density at radius 2 is 1.94 bits per heavy atom. The van der Waals surface area contributed by atoms with Gasteiger partial charge in [-0.05, 0) is 18.9 Å². The zero-order chi connectivity index (χ0) is 13.0. The predicted molar refractivity (Wildman–Crippen MR) is 63.0 cm³/mol. The first-order valence-electron chi connectivity index (χ1n) is 5.78. The van der Waals surface area contributed by atoms with Gasteiger partial charge in [0.05, 0.1) is 10.4 Å². The molecular weight excluding hydrogens is 262 g/mol. The van der Waals surface area contributed by atoms with E-state index in [9.17, 15) is 13.6 Å². The maximum absolute atomic E-state index is 13.2. The molecule has 0 radical (unpaired) electrons. The molecular formula is C12H11ClF2N2O. The fourth-order valence-electron chi connectivity index (χ4n) is 2.79. The van der Waals surface area contributed by atoms with Crippen LogP contribution in [0.2, 0.25) is 5.02 Å². The molecule has 1 spiro atoms. The molecule has 96 valence electrons. The molecule has 1 aliphatic heterocycles. The van der Waals surface area contributed by atoms with Gasteiger partial charge in [0.1, 0.15) is 5.82 Å². The predicted octanol–water partition coefficient (Wildman–Crippen LogP) is 3.13. The van der Waals surface area contributed by atoms with Crippen molar-refractivity contribution in [1.82, 2.24) is 4.98 Å². The fourth-order valence-corrected chi connectivity index (χ4v) is 2.95. The SMILES string of the molecule is O=C1Nc2ncc(Cl)cc2C12CCC(F)(F)CC2. The van der Waals surface area contributed by atoms with Gasteiger partial charge in [0.15, 0.2) is 0 Å². The summed E-state index contributed by atoms with van der Waals surface area (Å²) in [5, 5.41) is 3.08. The number of pyridine rings is 1. The molecule has 3 rings (SSSR count). The van der Waals surface area contributed by atoms with Gasteiger partial charge in [0.25, 0.3) is 0 Å². The van der Waals surface area contributed by atoms with E-state index in [4.69, 9.17) is 11.6 Å². The van der Waals surface area contributed by atoms with Crippen molar-refractivity contribution >= 4 is 23.3 Å². The van der Waals surface area contributed by atoms with E-state index in [1.807, 2.05) is 0 Å². The van der Waals surface area contributed by atoms with E-state index in [1.54, 1.807) is 6.07 Å². The first-order valence-corrected chi connectivity index (χ1v) is 6.16. The number of hydrogen-bond donors (Lipinski definition) is 1. The molecule has 18 heavy (non-hydrogen) atoms. The first kappa shape index (κ1) is 11.8. The minimum absolute atomic E-state index is 0.140. The summed E-state index contributed by atoms with van der Waals surface area (Å²) in [6, 6.07) is 1.66. The van der Waals surface area contributed by atoms with Gasteiger partial charge < -0.3 is 5.32 Å². The van der Waals surface area contributed by atoms with Gasteiger partial charge in [0.2, 0.25) is 11.8 Å². The van der Waals surface area contributed by atoms with Crippen LogP contribution < -0.4 is 5.32 Å². The highest BCUT2D eigenvalue weighted by atomic mass is 35.5. The number of halogens is 3. The Bertz CT molecular complexity index is 523. The highest BCUT2D eigenvalue weighted by Crippen LogP contribution is 2.50. The number of anilines is 1. The summed E-state index contributed by atoms with van der Waals surface area (Å²) in [4.78, 5) is 16.1. The van der Waals surface area contributed by atoms with Crippen LogP contribution in [0.15, 0.2) is 12.3 Å². The molecule has 0 aromatic carbocycles. The van der Waals surface area contributed by atoms with E-state index < -0.39 is 11.3 Å². The summed E-state index contributed by atoms with van der Waals surface area (Å²) in [6.07, 6.45) is 1.18. The van der Waals surface area contributed by atoms with E-state index in [-0.39, 0.29) is 31.6 Å². The number of aromatic nitrogens is 1. The van der Waals surface area contributed by atoms with E-state index in [2.05, 4.69) is 10.3 Å². The summed E-state index contributed by atoms with van der Waals surface area (Å²) in [7, 11) is 0. The molecule has 2 heterocycles. The summed E-state index contributed by atoms with van der Waals surface area (Å²) in [5.74, 6) is -2.45. The molecule has 0 unspecified atom stereocenters. The molecule has 1 aliphatic carbocycles. The first-order chi connectivity index (χ1) is 8.43. The molecule has 1 N–H and O–H groups in total. The lowest BCUT2D eigenvalue weighted by Crippen LogP contribution is -2.41. The number of alkyl halides is 2. The highest BCUT2D eigenvalue weighted by Gasteiger charge is 2.53. The van der Waals surface area contributed by atoms with Gasteiger partial charge in [-0.2, -0.15) is 0 Å². The topological polar surface area (TPSA) is 42.0 Å². The van der Waals surface area contributed by atoms with Gasteiger partial charge in [-0.3, -0.25) is 4.79 Å². The summed E-state index contributed by atoms with van der Waals surface area (Å²) >= 11 is 5.88. The number of fused-ring (bicyclic) bond motifs is 2. The smallest absolute Gasteiger partial charge is 0.248 e. The lowest BCUT2D eigenvalue weighted by atomic mass is 9.69. The van der Waals surface area contributed by atoms with Crippen LogP contribution >= 0.6 is 11.6 Å². The Hall–Kier alpha value is -1.23. The fraction of sp³-hybridized carbons (Fsp3) is 0.500. The third-order valence-electron chi connectivity index (χ3n) is 3.87. The van der Waals surface area contributed by atoms with Crippen molar-refractivity contribution in [2.75, 3.05) is 5.32 Å². The summed E-state index contributed by atoms with van der Waals surface area (Å²) in [5.41, 5.74) is -0.204. The molecule has 0 atom stereocenters. The van der Waals surface area contributed by atoms with E-state index in [1.165, 1.54) is 6.20 Å². The minimum Gasteiger partial charge on any atom is -0.310 e. The van der Waals surface area contributed by atoms with Crippen LogP contribution in [0.3, 0.4) is 0 Å². The molecule has 1 fully saturated rings. The molecule has 0 bridgehead atoms. The monoisotopic (exact) mass is 272 g/mol. The minimum atomic E-state index is -2.67. The third kappa shape index (κ3) is 1.61. The average molecular weight is 273 g/mol. The van der Waals surface area contributed by atoms with Crippen LogP contribution in [-0.4, -0.2) is 16.8 Å². The van der Waals surface area contributed by atoms with Crippen LogP contribution in [0.4, 0.5) is 14.6 Å². The second kappa shape index (κ2) is 3.63. The largest absolute Gasteiger partial charge is 0.310 e. The number of rotatable bonds is 0. The number of carbonyl (C=O) groups is 1. The maximum atomic E-state index is 13.2. The van der Waals surface area contributed by atoms with Crippen LogP contribution in [0.25, 0.3) is 0 Å². The van der Waals surface area contributed by atoms with Gasteiger partial charge in [-0.1, -0.05) is 11.6 Å². The van der Waals surface area contributed by atoms with Crippen LogP contribution in [-0.2, 0) is 10.2 Å². The molecule has 0 saturated heterocycles. The van der Waals surface area contributed by atoms with Crippen LogP contribution in [0.5, 0.6) is 0 Å².